The summed E-state index contributed by atoms with van der Waals surface area (Å²) in [5.41, 5.74) is 3.20. The lowest BCUT2D eigenvalue weighted by Gasteiger charge is -2.11. The summed E-state index contributed by atoms with van der Waals surface area (Å²) in [7, 11) is 0. The zero-order chi connectivity index (χ0) is 15.1. The second-order valence-corrected chi connectivity index (χ2v) is 5.05. The van der Waals surface area contributed by atoms with Gasteiger partial charge >= 0.3 is 0 Å². The second-order valence-electron chi connectivity index (χ2n) is 5.05. The van der Waals surface area contributed by atoms with Crippen molar-refractivity contribution in [2.75, 3.05) is 0 Å². The van der Waals surface area contributed by atoms with Crippen LogP contribution in [0.25, 0.3) is 33.7 Å². The van der Waals surface area contributed by atoms with Gasteiger partial charge in [-0.2, -0.15) is 0 Å². The van der Waals surface area contributed by atoms with E-state index in [1.807, 2.05) is 30.3 Å². The number of hydrogen-bond donors (Lipinski definition) is 1. The highest BCUT2D eigenvalue weighted by molar-refractivity contribution is 5.84. The van der Waals surface area contributed by atoms with Crippen molar-refractivity contribution < 1.29 is 9.52 Å². The molecule has 0 saturated carbocycles. The molecule has 22 heavy (non-hydrogen) atoms. The summed E-state index contributed by atoms with van der Waals surface area (Å²) < 4.78 is 5.75. The van der Waals surface area contributed by atoms with Gasteiger partial charge in [-0.05, 0) is 23.8 Å². The molecule has 0 unspecified atom stereocenters. The molecule has 0 radical (unpaired) electrons. The Morgan fingerprint density at radius 3 is 2.59 bits per heavy atom. The van der Waals surface area contributed by atoms with E-state index in [2.05, 4.69) is 4.98 Å². The first-order valence-electron chi connectivity index (χ1n) is 6.84. The van der Waals surface area contributed by atoms with Gasteiger partial charge in [0, 0.05) is 17.7 Å². The van der Waals surface area contributed by atoms with Crippen molar-refractivity contribution in [3.63, 3.8) is 0 Å². The van der Waals surface area contributed by atoms with Crippen LogP contribution < -0.4 is 5.43 Å². The predicted octanol–water partition coefficient (Wildman–Crippen LogP) is 3.67. The van der Waals surface area contributed by atoms with Crippen LogP contribution in [0.3, 0.4) is 0 Å². The molecule has 2 aliphatic rings. The molecule has 4 rings (SSSR count). The predicted molar refractivity (Wildman–Crippen MR) is 84.0 cm³/mol. The molecule has 4 heteroatoms. The van der Waals surface area contributed by atoms with Gasteiger partial charge < -0.3 is 9.52 Å². The van der Waals surface area contributed by atoms with E-state index in [0.717, 1.165) is 11.1 Å². The largest absolute Gasteiger partial charge is 0.508 e. The van der Waals surface area contributed by atoms with Crippen molar-refractivity contribution in [3.05, 3.63) is 70.9 Å². The van der Waals surface area contributed by atoms with E-state index < -0.39 is 0 Å². The Balaban J connectivity index is 2.10. The number of benzene rings is 3. The van der Waals surface area contributed by atoms with Crippen molar-refractivity contribution in [1.29, 1.82) is 0 Å². The highest BCUT2D eigenvalue weighted by atomic mass is 16.3. The topological polar surface area (TPSA) is 63.3 Å². The molecule has 0 fully saturated rings. The van der Waals surface area contributed by atoms with Crippen LogP contribution in [0.1, 0.15) is 0 Å². The highest BCUT2D eigenvalue weighted by Crippen LogP contribution is 2.33. The zero-order valence-corrected chi connectivity index (χ0v) is 11.5. The van der Waals surface area contributed by atoms with E-state index in [-0.39, 0.29) is 11.2 Å². The molecule has 0 amide bonds. The van der Waals surface area contributed by atoms with Gasteiger partial charge in [-0.25, -0.2) is 4.98 Å². The Hall–Kier alpha value is -3.14. The lowest BCUT2D eigenvalue weighted by Crippen LogP contribution is -2.03. The molecule has 106 valence electrons. The first-order valence-corrected chi connectivity index (χ1v) is 6.84. The van der Waals surface area contributed by atoms with Crippen LogP contribution in [0.4, 0.5) is 0 Å². The third kappa shape index (κ3) is 2.02. The van der Waals surface area contributed by atoms with Crippen molar-refractivity contribution in [3.8, 4) is 28.3 Å². The van der Waals surface area contributed by atoms with E-state index in [0.29, 0.717) is 22.6 Å². The third-order valence-electron chi connectivity index (χ3n) is 3.53. The molecular weight excluding hydrogens is 278 g/mol. The van der Waals surface area contributed by atoms with Gasteiger partial charge in [-0.3, -0.25) is 4.79 Å². The van der Waals surface area contributed by atoms with E-state index in [4.69, 9.17) is 4.42 Å². The van der Waals surface area contributed by atoms with Gasteiger partial charge in [-0.15, -0.1) is 0 Å². The average Bonchev–Trinajstić information content (AvgIpc) is 2.53. The number of phenols is 1. The van der Waals surface area contributed by atoms with Crippen molar-refractivity contribution in [1.82, 2.24) is 4.98 Å². The molecule has 0 aromatic heterocycles. The quantitative estimate of drug-likeness (QED) is 0.543. The normalized spacial score (nSPS) is 11.1. The Labute approximate surface area is 125 Å². The van der Waals surface area contributed by atoms with E-state index >= 15 is 0 Å². The molecule has 1 aliphatic carbocycles. The Morgan fingerprint density at radius 1 is 0.955 bits per heavy atom. The van der Waals surface area contributed by atoms with Gasteiger partial charge in [0.25, 0.3) is 0 Å². The van der Waals surface area contributed by atoms with Gasteiger partial charge in [0.2, 0.25) is 0 Å². The molecule has 0 bridgehead atoms. The van der Waals surface area contributed by atoms with Crippen LogP contribution in [0.2, 0.25) is 0 Å². The molecule has 0 spiro atoms. The minimum Gasteiger partial charge on any atom is -0.508 e. The monoisotopic (exact) mass is 289 g/mol. The van der Waals surface area contributed by atoms with Gasteiger partial charge in [0.05, 0.1) is 0 Å². The van der Waals surface area contributed by atoms with Gasteiger partial charge in [0.15, 0.2) is 16.8 Å². The SMILES string of the molecule is O=c1cc2oc3cc(O)ccc3nc-2c(-c2ccccc2)c1. The molecule has 4 nitrogen and oxygen atoms in total. The maximum atomic E-state index is 11.9. The summed E-state index contributed by atoms with van der Waals surface area (Å²) in [6, 6.07) is 17.3. The minimum atomic E-state index is -0.142. The molecule has 0 saturated heterocycles. The maximum Gasteiger partial charge on any atom is 0.183 e. The second kappa shape index (κ2) is 4.70. The lowest BCUT2D eigenvalue weighted by molar-refractivity contribution is 0.474. The zero-order valence-electron chi connectivity index (χ0n) is 11.5. The first-order chi connectivity index (χ1) is 10.7. The first kappa shape index (κ1) is 12.6. The number of rotatable bonds is 1. The molecule has 1 heterocycles. The summed E-state index contributed by atoms with van der Waals surface area (Å²) >= 11 is 0. The van der Waals surface area contributed by atoms with E-state index in [9.17, 15) is 9.90 Å². The fourth-order valence-electron chi connectivity index (χ4n) is 2.53. The fraction of sp³-hybridized carbons (Fsp3) is 0. The molecule has 1 N–H and O–H groups in total. The number of nitrogens with zero attached hydrogens (tertiary/aromatic N) is 1. The van der Waals surface area contributed by atoms with Crippen LogP contribution in [0, 0.1) is 0 Å². The van der Waals surface area contributed by atoms with Gasteiger partial charge in [-0.1, -0.05) is 30.3 Å². The Kier molecular flexibility index (Phi) is 2.69. The third-order valence-corrected chi connectivity index (χ3v) is 3.53. The van der Waals surface area contributed by atoms with E-state index in [1.165, 1.54) is 12.1 Å². The lowest BCUT2D eigenvalue weighted by atomic mass is 10.0. The van der Waals surface area contributed by atoms with Crippen molar-refractivity contribution in [2.45, 2.75) is 0 Å². The van der Waals surface area contributed by atoms with Crippen LogP contribution >= 0.6 is 0 Å². The number of fused-ring (bicyclic) bond motifs is 2. The summed E-state index contributed by atoms with van der Waals surface area (Å²) in [4.78, 5) is 16.5. The standard InChI is InChI=1S/C18H11NO3/c20-12-6-7-15-16(9-12)22-17-10-13(21)8-14(18(17)19-15)11-4-2-1-3-5-11/h1-10,20H. The van der Waals surface area contributed by atoms with Gasteiger partial charge in [0.1, 0.15) is 17.0 Å². The summed E-state index contributed by atoms with van der Waals surface area (Å²) in [5, 5.41) is 9.54. The summed E-state index contributed by atoms with van der Waals surface area (Å²) in [5.74, 6) is 0.503. The Morgan fingerprint density at radius 2 is 1.77 bits per heavy atom. The number of aromatic hydroxyl groups is 1. The maximum absolute atomic E-state index is 11.9. The molecule has 1 aliphatic heterocycles. The van der Waals surface area contributed by atoms with E-state index in [1.54, 1.807) is 18.2 Å². The number of aromatic nitrogens is 1. The highest BCUT2D eigenvalue weighted by Gasteiger charge is 2.16. The van der Waals surface area contributed by atoms with Crippen molar-refractivity contribution >= 4 is 11.1 Å². The average molecular weight is 289 g/mol. The molecule has 2 aromatic carbocycles. The Bertz CT molecular complexity index is 1010. The van der Waals surface area contributed by atoms with Crippen LogP contribution in [-0.4, -0.2) is 10.1 Å². The number of phenolic OH excluding ortho intramolecular Hbond substituents is 1. The molecular formula is C18H11NO3. The van der Waals surface area contributed by atoms with Crippen LogP contribution in [0.15, 0.2) is 69.9 Å². The van der Waals surface area contributed by atoms with Crippen molar-refractivity contribution in [2.24, 2.45) is 0 Å². The van der Waals surface area contributed by atoms with Crippen LogP contribution in [-0.2, 0) is 0 Å². The minimum absolute atomic E-state index is 0.0963. The summed E-state index contributed by atoms with van der Waals surface area (Å²) in [6.45, 7) is 0. The van der Waals surface area contributed by atoms with Crippen LogP contribution in [0.5, 0.6) is 5.75 Å². The number of hydrogen-bond acceptors (Lipinski definition) is 4. The molecule has 2 aromatic rings. The fourth-order valence-corrected chi connectivity index (χ4v) is 2.53. The summed E-state index contributed by atoms with van der Waals surface area (Å²) in [6.07, 6.45) is 0. The molecule has 0 atom stereocenters. The smallest absolute Gasteiger partial charge is 0.183 e.